The van der Waals surface area contributed by atoms with E-state index in [0.29, 0.717) is 18.7 Å². The third-order valence-electron chi connectivity index (χ3n) is 4.03. The predicted octanol–water partition coefficient (Wildman–Crippen LogP) is 2.40. The summed E-state index contributed by atoms with van der Waals surface area (Å²) >= 11 is 0. The lowest BCUT2D eigenvalue weighted by molar-refractivity contribution is 0.102. The number of sulfonamides is 1. The molecule has 126 valence electrons. The van der Waals surface area contributed by atoms with E-state index in [1.54, 1.807) is 18.2 Å². The Labute approximate surface area is 140 Å². The largest absolute Gasteiger partial charge is 0.322 e. The first kappa shape index (κ1) is 16.6. The average molecular weight is 348 g/mol. The topological polar surface area (TPSA) is 66.5 Å². The van der Waals surface area contributed by atoms with E-state index in [1.165, 1.54) is 28.8 Å². The molecule has 0 aromatic heterocycles. The fraction of sp³-hybridized carbons (Fsp3) is 0.235. The molecular weight excluding hydrogens is 331 g/mol. The molecule has 1 heterocycles. The number of fused-ring (bicyclic) bond motifs is 1. The highest BCUT2D eigenvalue weighted by atomic mass is 32.2. The van der Waals surface area contributed by atoms with Gasteiger partial charge >= 0.3 is 0 Å². The number of amides is 1. The molecule has 1 aliphatic rings. The Bertz CT molecular complexity index is 896. The molecule has 2 aromatic carbocycles. The number of rotatable bonds is 3. The third-order valence-corrected chi connectivity index (χ3v) is 5.28. The number of nitrogens with one attached hydrogen (secondary N) is 1. The third kappa shape index (κ3) is 3.47. The number of halogens is 1. The van der Waals surface area contributed by atoms with E-state index in [4.69, 9.17) is 0 Å². The van der Waals surface area contributed by atoms with Crippen molar-refractivity contribution < 1.29 is 17.6 Å². The van der Waals surface area contributed by atoms with Gasteiger partial charge in [0.1, 0.15) is 5.82 Å². The van der Waals surface area contributed by atoms with E-state index in [0.717, 1.165) is 11.1 Å². The zero-order chi connectivity index (χ0) is 17.3. The van der Waals surface area contributed by atoms with Gasteiger partial charge in [-0.2, -0.15) is 4.31 Å². The Morgan fingerprint density at radius 3 is 2.62 bits per heavy atom. The summed E-state index contributed by atoms with van der Waals surface area (Å²) in [5, 5.41) is 2.66. The first-order valence-electron chi connectivity index (χ1n) is 7.47. The van der Waals surface area contributed by atoms with Gasteiger partial charge in [0.2, 0.25) is 10.0 Å². The maximum Gasteiger partial charge on any atom is 0.258 e. The smallest absolute Gasteiger partial charge is 0.258 e. The van der Waals surface area contributed by atoms with Crippen molar-refractivity contribution >= 4 is 21.6 Å². The molecule has 0 spiro atoms. The Kier molecular flexibility index (Phi) is 4.38. The maximum atomic E-state index is 13.7. The number of carbonyl (C=O) groups excluding carboxylic acids is 1. The maximum absolute atomic E-state index is 13.7. The van der Waals surface area contributed by atoms with Gasteiger partial charge in [0.05, 0.1) is 11.8 Å². The van der Waals surface area contributed by atoms with E-state index < -0.39 is 21.7 Å². The number of anilines is 1. The predicted molar refractivity (Wildman–Crippen MR) is 89.8 cm³/mol. The number of benzene rings is 2. The molecule has 24 heavy (non-hydrogen) atoms. The highest BCUT2D eigenvalue weighted by Crippen LogP contribution is 2.24. The lowest BCUT2D eigenvalue weighted by atomic mass is 10.0. The average Bonchev–Trinajstić information content (AvgIpc) is 2.53. The van der Waals surface area contributed by atoms with Gasteiger partial charge in [-0.05, 0) is 41.8 Å². The van der Waals surface area contributed by atoms with Crippen molar-refractivity contribution in [1.29, 1.82) is 0 Å². The second-order valence-corrected chi connectivity index (χ2v) is 7.75. The Hall–Kier alpha value is -2.25. The van der Waals surface area contributed by atoms with Crippen LogP contribution in [0.15, 0.2) is 42.5 Å². The van der Waals surface area contributed by atoms with Crippen molar-refractivity contribution in [3.63, 3.8) is 0 Å². The van der Waals surface area contributed by atoms with Crippen LogP contribution in [0, 0.1) is 5.82 Å². The number of hydrogen-bond acceptors (Lipinski definition) is 3. The minimum absolute atomic E-state index is 0.0343. The number of carbonyl (C=O) groups is 1. The molecule has 5 nitrogen and oxygen atoms in total. The van der Waals surface area contributed by atoms with Gasteiger partial charge in [-0.15, -0.1) is 0 Å². The van der Waals surface area contributed by atoms with Crippen molar-refractivity contribution in [2.24, 2.45) is 0 Å². The lowest BCUT2D eigenvalue weighted by Gasteiger charge is -2.27. The van der Waals surface area contributed by atoms with E-state index in [2.05, 4.69) is 5.32 Å². The fourth-order valence-corrected chi connectivity index (χ4v) is 3.53. The van der Waals surface area contributed by atoms with Crippen molar-refractivity contribution in [3.8, 4) is 0 Å². The number of nitrogens with zero attached hydrogens (tertiary/aromatic N) is 1. The minimum atomic E-state index is -3.26. The van der Waals surface area contributed by atoms with E-state index in [-0.39, 0.29) is 12.1 Å². The molecule has 0 aliphatic carbocycles. The van der Waals surface area contributed by atoms with Crippen molar-refractivity contribution in [3.05, 3.63) is 65.0 Å². The second-order valence-electron chi connectivity index (χ2n) is 5.76. The van der Waals surface area contributed by atoms with Crippen LogP contribution in [0.2, 0.25) is 0 Å². The van der Waals surface area contributed by atoms with Gasteiger partial charge in [0.25, 0.3) is 5.91 Å². The summed E-state index contributed by atoms with van der Waals surface area (Å²) in [6.45, 7) is 0.727. The zero-order valence-corrected chi connectivity index (χ0v) is 13.9. The fourth-order valence-electron chi connectivity index (χ4n) is 2.74. The van der Waals surface area contributed by atoms with Gasteiger partial charge in [0, 0.05) is 18.8 Å². The van der Waals surface area contributed by atoms with Gasteiger partial charge in [-0.3, -0.25) is 4.79 Å². The molecule has 7 heteroatoms. The monoisotopic (exact) mass is 348 g/mol. The second kappa shape index (κ2) is 6.33. The zero-order valence-electron chi connectivity index (χ0n) is 13.1. The summed E-state index contributed by atoms with van der Waals surface area (Å²) in [5.41, 5.74) is 2.38. The van der Waals surface area contributed by atoms with E-state index >= 15 is 0 Å². The van der Waals surface area contributed by atoms with Crippen LogP contribution in [0.25, 0.3) is 0 Å². The van der Waals surface area contributed by atoms with Crippen LogP contribution in [-0.2, 0) is 23.0 Å². The summed E-state index contributed by atoms with van der Waals surface area (Å²) in [7, 11) is -3.26. The molecule has 0 saturated heterocycles. The van der Waals surface area contributed by atoms with E-state index in [1.807, 2.05) is 6.07 Å². The van der Waals surface area contributed by atoms with Gasteiger partial charge in [0.15, 0.2) is 0 Å². The Balaban J connectivity index is 1.82. The van der Waals surface area contributed by atoms with Crippen molar-refractivity contribution in [2.75, 3.05) is 18.1 Å². The van der Waals surface area contributed by atoms with Crippen molar-refractivity contribution in [2.45, 2.75) is 13.0 Å². The standard InChI is InChI=1S/C17H17FN2O3S/c1-24(22,23)20-9-8-12-6-7-14(10-13(12)11-20)19-17(21)15-4-2-3-5-16(15)18/h2-7,10H,8-9,11H2,1H3,(H,19,21). The molecule has 0 fully saturated rings. The van der Waals surface area contributed by atoms with Crippen LogP contribution in [0.4, 0.5) is 10.1 Å². The quantitative estimate of drug-likeness (QED) is 0.926. The van der Waals surface area contributed by atoms with Crippen LogP contribution in [0.5, 0.6) is 0 Å². The van der Waals surface area contributed by atoms with Crippen LogP contribution in [0.3, 0.4) is 0 Å². The van der Waals surface area contributed by atoms with Crippen LogP contribution in [-0.4, -0.2) is 31.4 Å². The van der Waals surface area contributed by atoms with Gasteiger partial charge in [-0.1, -0.05) is 18.2 Å². The molecule has 0 saturated carbocycles. The summed E-state index contributed by atoms with van der Waals surface area (Å²) in [5.74, 6) is -1.12. The lowest BCUT2D eigenvalue weighted by Crippen LogP contribution is -2.35. The van der Waals surface area contributed by atoms with Gasteiger partial charge in [-0.25, -0.2) is 12.8 Å². The molecule has 2 aromatic rings. The molecule has 1 amide bonds. The van der Waals surface area contributed by atoms with E-state index in [9.17, 15) is 17.6 Å². The van der Waals surface area contributed by atoms with Crippen LogP contribution in [0.1, 0.15) is 21.5 Å². The molecule has 0 bridgehead atoms. The molecule has 1 aliphatic heterocycles. The molecule has 3 rings (SSSR count). The minimum Gasteiger partial charge on any atom is -0.322 e. The number of hydrogen-bond donors (Lipinski definition) is 1. The molecule has 0 radical (unpaired) electrons. The first-order valence-corrected chi connectivity index (χ1v) is 9.32. The summed E-state index contributed by atoms with van der Waals surface area (Å²) in [6.07, 6.45) is 1.81. The highest BCUT2D eigenvalue weighted by molar-refractivity contribution is 7.88. The first-order chi connectivity index (χ1) is 11.3. The summed E-state index contributed by atoms with van der Waals surface area (Å²) in [6, 6.07) is 11.1. The molecular formula is C17H17FN2O3S. The van der Waals surface area contributed by atoms with Crippen LogP contribution >= 0.6 is 0 Å². The molecule has 0 atom stereocenters. The summed E-state index contributed by atoms with van der Waals surface area (Å²) in [4.78, 5) is 12.2. The van der Waals surface area contributed by atoms with Gasteiger partial charge < -0.3 is 5.32 Å². The Morgan fingerprint density at radius 1 is 1.17 bits per heavy atom. The van der Waals surface area contributed by atoms with Crippen molar-refractivity contribution in [1.82, 2.24) is 4.31 Å². The molecule has 1 N–H and O–H groups in total. The molecule has 0 unspecified atom stereocenters. The SMILES string of the molecule is CS(=O)(=O)N1CCc2ccc(NC(=O)c3ccccc3F)cc2C1. The Morgan fingerprint density at radius 2 is 1.92 bits per heavy atom. The van der Waals surface area contributed by atoms with Crippen LogP contribution < -0.4 is 5.32 Å². The normalized spacial score (nSPS) is 14.9. The summed E-state index contributed by atoms with van der Waals surface area (Å²) < 4.78 is 38.5. The highest BCUT2D eigenvalue weighted by Gasteiger charge is 2.23.